The zero-order valence-electron chi connectivity index (χ0n) is 18.6. The van der Waals surface area contributed by atoms with Gasteiger partial charge in [0.1, 0.15) is 0 Å². The summed E-state index contributed by atoms with van der Waals surface area (Å²) in [4.78, 5) is 0. The smallest absolute Gasteiger partial charge is 0.0414 e. The highest BCUT2D eigenvalue weighted by Gasteiger charge is 2.19. The van der Waals surface area contributed by atoms with E-state index in [9.17, 15) is 0 Å². The van der Waals surface area contributed by atoms with E-state index in [2.05, 4.69) is 0 Å². The van der Waals surface area contributed by atoms with Crippen LogP contribution in [0.25, 0.3) is 0 Å². The van der Waals surface area contributed by atoms with Crippen LogP contribution in [-0.4, -0.2) is 0 Å². The fourth-order valence-corrected chi connectivity index (χ4v) is 6.72. The lowest BCUT2D eigenvalue weighted by molar-refractivity contribution is 0.266. The summed E-state index contributed by atoms with van der Waals surface area (Å²) in [5.74, 6) is 4.36. The molecule has 0 heteroatoms. The van der Waals surface area contributed by atoms with Crippen LogP contribution in [0.3, 0.4) is 0 Å². The lowest BCUT2D eigenvalue weighted by Gasteiger charge is -2.26. The topological polar surface area (TPSA) is 0 Å². The molecule has 0 atom stereocenters. The van der Waals surface area contributed by atoms with Crippen LogP contribution in [0.5, 0.6) is 0 Å². The number of hydrogen-bond acceptors (Lipinski definition) is 0. The van der Waals surface area contributed by atoms with Gasteiger partial charge in [0.15, 0.2) is 0 Å². The Morgan fingerprint density at radius 2 is 0.778 bits per heavy atom. The van der Waals surface area contributed by atoms with Gasteiger partial charge in [-0.25, -0.2) is 0 Å². The predicted octanol–water partition coefficient (Wildman–Crippen LogP) is 9.46. The number of hydrogen-bond donors (Lipinski definition) is 0. The summed E-state index contributed by atoms with van der Waals surface area (Å²) < 4.78 is 0. The molecule has 0 N–H and O–H groups in total. The van der Waals surface area contributed by atoms with E-state index in [0.717, 1.165) is 23.7 Å². The lowest BCUT2D eigenvalue weighted by atomic mass is 9.80. The quantitative estimate of drug-likeness (QED) is 0.338. The van der Waals surface area contributed by atoms with Crippen LogP contribution in [-0.2, 0) is 0 Å². The summed E-state index contributed by atoms with van der Waals surface area (Å²) in [6.07, 6.45) is 35.5. The standard InChI is InChI=1S/C27H50/c1-4-12-24(13-5-1)18-10-20-27(23-22-26-16-8-3-9-17-26)21-11-19-25-14-6-2-7-15-25/h24-27H,1-23H2. The second-order valence-corrected chi connectivity index (χ2v) is 10.8. The van der Waals surface area contributed by atoms with Crippen molar-refractivity contribution in [1.29, 1.82) is 0 Å². The van der Waals surface area contributed by atoms with Gasteiger partial charge in [-0.2, -0.15) is 0 Å². The molecule has 0 saturated heterocycles. The Labute approximate surface area is 171 Å². The van der Waals surface area contributed by atoms with Crippen molar-refractivity contribution in [3.8, 4) is 0 Å². The van der Waals surface area contributed by atoms with Crippen molar-refractivity contribution < 1.29 is 0 Å². The molecule has 0 bridgehead atoms. The first-order chi connectivity index (χ1) is 13.4. The predicted molar refractivity (Wildman–Crippen MR) is 120 cm³/mol. The van der Waals surface area contributed by atoms with Crippen molar-refractivity contribution in [1.82, 2.24) is 0 Å². The third kappa shape index (κ3) is 8.91. The zero-order chi connectivity index (χ0) is 18.6. The summed E-state index contributed by atoms with van der Waals surface area (Å²) in [5, 5.41) is 0. The summed E-state index contributed by atoms with van der Waals surface area (Å²) in [6, 6.07) is 0. The molecule has 0 unspecified atom stereocenters. The van der Waals surface area contributed by atoms with Gasteiger partial charge in [0, 0.05) is 0 Å². The first-order valence-electron chi connectivity index (χ1n) is 13.4. The highest BCUT2D eigenvalue weighted by molar-refractivity contribution is 4.72. The van der Waals surface area contributed by atoms with Crippen molar-refractivity contribution in [2.75, 3.05) is 0 Å². The van der Waals surface area contributed by atoms with E-state index in [0.29, 0.717) is 0 Å². The molecule has 3 fully saturated rings. The number of rotatable bonds is 11. The molecule has 3 aliphatic rings. The van der Waals surface area contributed by atoms with E-state index < -0.39 is 0 Å². The van der Waals surface area contributed by atoms with Crippen molar-refractivity contribution in [3.63, 3.8) is 0 Å². The van der Waals surface area contributed by atoms with Gasteiger partial charge in [-0.05, 0) is 23.7 Å². The van der Waals surface area contributed by atoms with Crippen LogP contribution >= 0.6 is 0 Å². The Bertz CT molecular complexity index is 317. The van der Waals surface area contributed by atoms with E-state index >= 15 is 0 Å². The molecule has 0 heterocycles. The third-order valence-electron chi connectivity index (χ3n) is 8.61. The molecule has 0 nitrogen and oxygen atoms in total. The largest absolute Gasteiger partial charge is 0.0533 e. The Kier molecular flexibility index (Phi) is 10.7. The molecule has 3 aliphatic carbocycles. The summed E-state index contributed by atoms with van der Waals surface area (Å²) in [7, 11) is 0. The van der Waals surface area contributed by atoms with Crippen LogP contribution in [0.2, 0.25) is 0 Å². The van der Waals surface area contributed by atoms with Gasteiger partial charge in [-0.3, -0.25) is 0 Å². The van der Waals surface area contributed by atoms with Crippen LogP contribution in [0, 0.1) is 23.7 Å². The summed E-state index contributed by atoms with van der Waals surface area (Å²) in [5.41, 5.74) is 0. The van der Waals surface area contributed by atoms with Crippen LogP contribution in [0.1, 0.15) is 148 Å². The van der Waals surface area contributed by atoms with Crippen LogP contribution in [0.15, 0.2) is 0 Å². The Morgan fingerprint density at radius 3 is 1.19 bits per heavy atom. The van der Waals surface area contributed by atoms with Gasteiger partial charge in [-0.15, -0.1) is 0 Å². The van der Waals surface area contributed by atoms with E-state index in [4.69, 9.17) is 0 Å². The molecular formula is C27H50. The monoisotopic (exact) mass is 374 g/mol. The highest BCUT2D eigenvalue weighted by Crippen LogP contribution is 2.34. The van der Waals surface area contributed by atoms with Gasteiger partial charge in [-0.1, -0.05) is 148 Å². The van der Waals surface area contributed by atoms with Gasteiger partial charge in [0.2, 0.25) is 0 Å². The molecule has 0 radical (unpaired) electrons. The van der Waals surface area contributed by atoms with E-state index in [1.165, 1.54) is 57.8 Å². The minimum absolute atomic E-state index is 1.07. The van der Waals surface area contributed by atoms with E-state index in [1.54, 1.807) is 89.9 Å². The maximum atomic E-state index is 1.57. The van der Waals surface area contributed by atoms with Crippen molar-refractivity contribution in [2.24, 2.45) is 23.7 Å². The second kappa shape index (κ2) is 13.3. The maximum Gasteiger partial charge on any atom is -0.0414 e. The molecule has 0 aliphatic heterocycles. The summed E-state index contributed by atoms with van der Waals surface area (Å²) in [6.45, 7) is 0. The zero-order valence-corrected chi connectivity index (χ0v) is 18.6. The first kappa shape index (κ1) is 21.7. The maximum absolute atomic E-state index is 1.57. The van der Waals surface area contributed by atoms with Gasteiger partial charge in [0.25, 0.3) is 0 Å². The molecule has 27 heavy (non-hydrogen) atoms. The van der Waals surface area contributed by atoms with E-state index in [-0.39, 0.29) is 0 Å². The van der Waals surface area contributed by atoms with Gasteiger partial charge >= 0.3 is 0 Å². The molecule has 3 rings (SSSR count). The fourth-order valence-electron chi connectivity index (χ4n) is 6.72. The minimum atomic E-state index is 1.07. The molecule has 0 aromatic rings. The second-order valence-electron chi connectivity index (χ2n) is 10.8. The Balaban J connectivity index is 1.34. The lowest BCUT2D eigenvalue weighted by Crippen LogP contribution is -2.12. The molecule has 0 amide bonds. The third-order valence-corrected chi connectivity index (χ3v) is 8.61. The molecule has 0 aromatic heterocycles. The Hall–Kier alpha value is 0. The van der Waals surface area contributed by atoms with Crippen molar-refractivity contribution in [2.45, 2.75) is 148 Å². The average Bonchev–Trinajstić information content (AvgIpc) is 2.74. The van der Waals surface area contributed by atoms with Crippen molar-refractivity contribution >= 4 is 0 Å². The van der Waals surface area contributed by atoms with Crippen LogP contribution in [0.4, 0.5) is 0 Å². The molecule has 158 valence electrons. The fraction of sp³-hybridized carbons (Fsp3) is 1.00. The minimum Gasteiger partial charge on any atom is -0.0533 e. The molecule has 3 saturated carbocycles. The molecule has 0 spiro atoms. The normalized spacial score (nSPS) is 23.9. The van der Waals surface area contributed by atoms with Gasteiger partial charge < -0.3 is 0 Å². The van der Waals surface area contributed by atoms with Crippen LogP contribution < -0.4 is 0 Å². The Morgan fingerprint density at radius 1 is 0.407 bits per heavy atom. The first-order valence-corrected chi connectivity index (χ1v) is 13.4. The van der Waals surface area contributed by atoms with E-state index in [1.807, 2.05) is 0 Å². The highest BCUT2D eigenvalue weighted by atomic mass is 14.2. The van der Waals surface area contributed by atoms with Gasteiger partial charge in [0.05, 0.1) is 0 Å². The summed E-state index contributed by atoms with van der Waals surface area (Å²) >= 11 is 0. The molecule has 0 aromatic carbocycles. The molecular weight excluding hydrogens is 324 g/mol. The average molecular weight is 375 g/mol. The SMILES string of the molecule is C1CCC(CCCC(CCCC2CCCCC2)CCC2CCCCC2)CC1. The van der Waals surface area contributed by atoms with Crippen molar-refractivity contribution in [3.05, 3.63) is 0 Å².